The Morgan fingerprint density at radius 3 is 1.64 bits per heavy atom. The molecule has 4 nitrogen and oxygen atoms in total. The molecule has 0 spiro atoms. The molecule has 56 heavy (non-hydrogen) atoms. The number of para-hydroxylation sites is 5. The van der Waals surface area contributed by atoms with Crippen molar-refractivity contribution in [3.05, 3.63) is 212 Å². The molecule has 0 saturated heterocycles. The van der Waals surface area contributed by atoms with Crippen LogP contribution in [-0.4, -0.2) is 4.57 Å². The molecule has 2 heterocycles. The van der Waals surface area contributed by atoms with E-state index in [4.69, 9.17) is 4.42 Å². The van der Waals surface area contributed by atoms with E-state index in [0.29, 0.717) is 0 Å². The summed E-state index contributed by atoms with van der Waals surface area (Å²) < 4.78 is 8.76. The number of nitrogens with zero attached hydrogens (tertiary/aromatic N) is 3. The van der Waals surface area contributed by atoms with Gasteiger partial charge in [-0.3, -0.25) is 0 Å². The van der Waals surface area contributed by atoms with Gasteiger partial charge in [0.1, 0.15) is 11.2 Å². The molecule has 0 fully saturated rings. The van der Waals surface area contributed by atoms with Crippen LogP contribution in [0.2, 0.25) is 0 Å². The first-order valence-corrected chi connectivity index (χ1v) is 19.0. The van der Waals surface area contributed by atoms with Crippen molar-refractivity contribution < 1.29 is 4.42 Å². The normalized spacial score (nSPS) is 11.6. The summed E-state index contributed by atoms with van der Waals surface area (Å²) in [4.78, 5) is 4.69. The summed E-state index contributed by atoms with van der Waals surface area (Å²) in [7, 11) is 0. The molecule has 264 valence electrons. The monoisotopic (exact) mass is 717 g/mol. The Balaban J connectivity index is 1.06. The van der Waals surface area contributed by atoms with Gasteiger partial charge in [0.05, 0.1) is 16.7 Å². The maximum Gasteiger partial charge on any atom is 0.136 e. The largest absolute Gasteiger partial charge is 0.456 e. The zero-order chi connectivity index (χ0) is 37.0. The zero-order valence-corrected chi connectivity index (χ0v) is 30.5. The van der Waals surface area contributed by atoms with Gasteiger partial charge < -0.3 is 18.8 Å². The molecule has 0 aliphatic rings. The summed E-state index contributed by atoms with van der Waals surface area (Å²) in [5.41, 5.74) is 11.7. The number of hydrogen-bond donors (Lipinski definition) is 0. The number of fused-ring (bicyclic) bond motifs is 7. The Labute approximate surface area is 324 Å². The van der Waals surface area contributed by atoms with E-state index in [0.717, 1.165) is 78.0 Å². The van der Waals surface area contributed by atoms with Crippen LogP contribution in [0.25, 0.3) is 60.2 Å². The molecular weight excluding hydrogens is 683 g/mol. The van der Waals surface area contributed by atoms with Gasteiger partial charge in [-0.15, -0.1) is 0 Å². The molecule has 0 radical (unpaired) electrons. The second-order valence-corrected chi connectivity index (χ2v) is 14.2. The third-order valence-electron chi connectivity index (χ3n) is 10.9. The fourth-order valence-corrected chi connectivity index (χ4v) is 8.41. The van der Waals surface area contributed by atoms with Gasteiger partial charge in [0.2, 0.25) is 0 Å². The average molecular weight is 718 g/mol. The quantitative estimate of drug-likeness (QED) is 0.164. The molecule has 11 rings (SSSR count). The van der Waals surface area contributed by atoms with Crippen molar-refractivity contribution in [1.29, 1.82) is 0 Å². The number of hydrogen-bond acceptors (Lipinski definition) is 3. The Hall–Kier alpha value is -7.56. The molecule has 0 amide bonds. The van der Waals surface area contributed by atoms with Gasteiger partial charge in [-0.05, 0) is 109 Å². The molecule has 0 aliphatic carbocycles. The topological polar surface area (TPSA) is 24.6 Å². The zero-order valence-electron chi connectivity index (χ0n) is 30.5. The van der Waals surface area contributed by atoms with Crippen LogP contribution in [0.5, 0.6) is 0 Å². The SMILES string of the molecule is c1ccc(N(c2ccc(N(c3ccccc3)c3cccc4cc5c(cc34)oc3ccccc35)cc2)c2ccc3c4ccccc4n(-c4ccccc4)c3c2)cc1. The first-order valence-electron chi connectivity index (χ1n) is 19.0. The molecule has 9 aromatic carbocycles. The second-order valence-electron chi connectivity index (χ2n) is 14.2. The lowest BCUT2D eigenvalue weighted by molar-refractivity contribution is 0.669. The van der Waals surface area contributed by atoms with Crippen molar-refractivity contribution in [3.63, 3.8) is 0 Å². The van der Waals surface area contributed by atoms with E-state index >= 15 is 0 Å². The van der Waals surface area contributed by atoms with Crippen molar-refractivity contribution in [3.8, 4) is 5.69 Å². The first kappa shape index (κ1) is 31.9. The molecule has 0 N–H and O–H groups in total. The van der Waals surface area contributed by atoms with Gasteiger partial charge in [-0.2, -0.15) is 0 Å². The maximum atomic E-state index is 6.38. The molecule has 0 aliphatic heterocycles. The van der Waals surface area contributed by atoms with Gasteiger partial charge >= 0.3 is 0 Å². The van der Waals surface area contributed by atoms with Crippen LogP contribution in [0, 0.1) is 0 Å². The van der Waals surface area contributed by atoms with E-state index in [1.54, 1.807) is 0 Å². The predicted octanol–water partition coefficient (Wildman–Crippen LogP) is 14.8. The van der Waals surface area contributed by atoms with Crippen LogP contribution in [0.4, 0.5) is 34.1 Å². The molecular formula is C52H35N3O. The number of aromatic nitrogens is 1. The first-order chi connectivity index (χ1) is 27.8. The van der Waals surface area contributed by atoms with E-state index < -0.39 is 0 Å². The third-order valence-corrected chi connectivity index (χ3v) is 10.9. The molecule has 4 heteroatoms. The molecule has 0 unspecified atom stereocenters. The summed E-state index contributed by atoms with van der Waals surface area (Å²) >= 11 is 0. The molecule has 11 aromatic rings. The van der Waals surface area contributed by atoms with Crippen LogP contribution in [0.3, 0.4) is 0 Å². The summed E-state index contributed by atoms with van der Waals surface area (Å²) in [6, 6.07) is 75.6. The standard InChI is InChI=1S/C52H35N3O/c1-4-16-37(17-5-1)53(42-31-32-44-43-22-10-12-24-48(43)55(50(44)34-42)39-20-8-3-9-21-39)40-27-29-41(30-28-40)54(38-18-6-2-7-19-38)49-25-14-15-36-33-47-45-23-11-13-26-51(45)56-52(47)35-46(36)49/h1-35H. The smallest absolute Gasteiger partial charge is 0.136 e. The van der Waals surface area contributed by atoms with Crippen LogP contribution in [0.15, 0.2) is 217 Å². The highest BCUT2D eigenvalue weighted by molar-refractivity contribution is 6.13. The van der Waals surface area contributed by atoms with Crippen molar-refractivity contribution in [1.82, 2.24) is 4.57 Å². The van der Waals surface area contributed by atoms with Crippen molar-refractivity contribution in [2.45, 2.75) is 0 Å². The lowest BCUT2D eigenvalue weighted by Crippen LogP contribution is -2.12. The fraction of sp³-hybridized carbons (Fsp3) is 0. The minimum absolute atomic E-state index is 0.885. The molecule has 0 atom stereocenters. The van der Waals surface area contributed by atoms with Crippen LogP contribution < -0.4 is 9.80 Å². The highest BCUT2D eigenvalue weighted by atomic mass is 16.3. The maximum absolute atomic E-state index is 6.38. The fourth-order valence-electron chi connectivity index (χ4n) is 8.41. The van der Waals surface area contributed by atoms with Gasteiger partial charge in [-0.1, -0.05) is 109 Å². The van der Waals surface area contributed by atoms with Gasteiger partial charge in [-0.25, -0.2) is 0 Å². The van der Waals surface area contributed by atoms with E-state index in [1.807, 2.05) is 12.1 Å². The van der Waals surface area contributed by atoms with E-state index in [2.05, 4.69) is 215 Å². The summed E-state index contributed by atoms with van der Waals surface area (Å²) in [5.74, 6) is 0. The summed E-state index contributed by atoms with van der Waals surface area (Å²) in [6.07, 6.45) is 0. The highest BCUT2D eigenvalue weighted by Crippen LogP contribution is 2.44. The third kappa shape index (κ3) is 5.23. The van der Waals surface area contributed by atoms with E-state index in [-0.39, 0.29) is 0 Å². The number of anilines is 6. The van der Waals surface area contributed by atoms with Crippen molar-refractivity contribution >= 4 is 88.6 Å². The number of furan rings is 1. The summed E-state index contributed by atoms with van der Waals surface area (Å²) in [6.45, 7) is 0. The summed E-state index contributed by atoms with van der Waals surface area (Å²) in [5, 5.41) is 7.02. The minimum atomic E-state index is 0.885. The minimum Gasteiger partial charge on any atom is -0.456 e. The number of benzene rings is 9. The van der Waals surface area contributed by atoms with Gasteiger partial charge in [0, 0.05) is 61.1 Å². The number of rotatable bonds is 7. The van der Waals surface area contributed by atoms with Crippen molar-refractivity contribution in [2.75, 3.05) is 9.80 Å². The van der Waals surface area contributed by atoms with Crippen molar-refractivity contribution in [2.24, 2.45) is 0 Å². The second kappa shape index (κ2) is 13.1. The Bertz CT molecular complexity index is 3180. The Morgan fingerprint density at radius 2 is 0.893 bits per heavy atom. The molecule has 2 aromatic heterocycles. The van der Waals surface area contributed by atoms with Crippen LogP contribution >= 0.6 is 0 Å². The lowest BCUT2D eigenvalue weighted by Gasteiger charge is -2.29. The Kier molecular flexibility index (Phi) is 7.46. The van der Waals surface area contributed by atoms with Gasteiger partial charge in [0.25, 0.3) is 0 Å². The molecule has 0 saturated carbocycles. The molecule has 0 bridgehead atoms. The predicted molar refractivity (Wildman–Crippen MR) is 235 cm³/mol. The van der Waals surface area contributed by atoms with Gasteiger partial charge in [0.15, 0.2) is 0 Å². The van der Waals surface area contributed by atoms with Crippen LogP contribution in [0.1, 0.15) is 0 Å². The Morgan fingerprint density at radius 1 is 0.321 bits per heavy atom. The average Bonchev–Trinajstić information content (AvgIpc) is 3.80. The lowest BCUT2D eigenvalue weighted by atomic mass is 10.0. The van der Waals surface area contributed by atoms with E-state index in [9.17, 15) is 0 Å². The van der Waals surface area contributed by atoms with Crippen LogP contribution in [-0.2, 0) is 0 Å². The van der Waals surface area contributed by atoms with E-state index in [1.165, 1.54) is 16.3 Å². The highest BCUT2D eigenvalue weighted by Gasteiger charge is 2.20.